The number of carbonyl (C=O) groups is 1. The smallest absolute Gasteiger partial charge is 0.197 e. The zero-order valence-corrected chi connectivity index (χ0v) is 10.2. The Hall–Kier alpha value is -1.19. The van der Waals surface area contributed by atoms with Gasteiger partial charge in [-0.1, -0.05) is 30.3 Å². The minimum absolute atomic E-state index is 0.333. The first-order valence-electron chi connectivity index (χ1n) is 5.20. The molecule has 3 nitrogen and oxygen atoms in total. The Morgan fingerprint density at radius 3 is 2.12 bits per heavy atom. The lowest BCUT2D eigenvalue weighted by atomic mass is 9.81. The highest BCUT2D eigenvalue weighted by Crippen LogP contribution is 2.28. The highest BCUT2D eigenvalue weighted by Gasteiger charge is 2.46. The Bertz CT molecular complexity index is 366. The summed E-state index contributed by atoms with van der Waals surface area (Å²) in [6, 6.07) is 8.73. The molecule has 0 aliphatic rings. The number of hydrogen-bond acceptors (Lipinski definition) is 3. The van der Waals surface area contributed by atoms with E-state index in [1.165, 1.54) is 14.0 Å². The van der Waals surface area contributed by atoms with E-state index >= 15 is 0 Å². The Labute approximate surface area is 96.1 Å². The van der Waals surface area contributed by atoms with Crippen LogP contribution in [0.5, 0.6) is 0 Å². The van der Waals surface area contributed by atoms with Crippen molar-refractivity contribution in [2.24, 2.45) is 0 Å². The van der Waals surface area contributed by atoms with Crippen molar-refractivity contribution in [3.05, 3.63) is 35.9 Å². The van der Waals surface area contributed by atoms with E-state index in [4.69, 9.17) is 4.74 Å². The lowest BCUT2D eigenvalue weighted by Gasteiger charge is -2.37. The number of methoxy groups -OCH3 is 1. The number of rotatable bonds is 4. The third-order valence-corrected chi connectivity index (χ3v) is 3.16. The highest BCUT2D eigenvalue weighted by atomic mass is 16.5. The summed E-state index contributed by atoms with van der Waals surface area (Å²) in [6.07, 6.45) is 0. The third-order valence-electron chi connectivity index (χ3n) is 3.16. The fourth-order valence-corrected chi connectivity index (χ4v) is 1.34. The molecule has 0 fully saturated rings. The summed E-state index contributed by atoms with van der Waals surface area (Å²) >= 11 is 0. The van der Waals surface area contributed by atoms with E-state index in [-0.39, 0.29) is 5.78 Å². The van der Waals surface area contributed by atoms with Gasteiger partial charge in [-0.3, -0.25) is 4.79 Å². The van der Waals surface area contributed by atoms with Gasteiger partial charge in [0, 0.05) is 12.7 Å². The van der Waals surface area contributed by atoms with Gasteiger partial charge in [-0.05, 0) is 20.8 Å². The number of Topliss-reactive ketones (excluding diaryl/α,β-unsaturated/α-hetero) is 1. The topological polar surface area (TPSA) is 46.5 Å². The summed E-state index contributed by atoms with van der Waals surface area (Å²) < 4.78 is 5.17. The zero-order valence-electron chi connectivity index (χ0n) is 10.2. The van der Waals surface area contributed by atoms with Crippen molar-refractivity contribution in [3.63, 3.8) is 0 Å². The van der Waals surface area contributed by atoms with Gasteiger partial charge < -0.3 is 9.84 Å². The number of ether oxygens (including phenoxy) is 1. The van der Waals surface area contributed by atoms with Gasteiger partial charge in [0.1, 0.15) is 0 Å². The molecule has 3 heteroatoms. The monoisotopic (exact) mass is 222 g/mol. The van der Waals surface area contributed by atoms with Gasteiger partial charge in [0.15, 0.2) is 11.4 Å². The van der Waals surface area contributed by atoms with Crippen LogP contribution < -0.4 is 0 Å². The highest BCUT2D eigenvalue weighted by molar-refractivity contribution is 6.02. The van der Waals surface area contributed by atoms with Crippen LogP contribution in [0.3, 0.4) is 0 Å². The molecule has 0 saturated heterocycles. The van der Waals surface area contributed by atoms with Crippen molar-refractivity contribution >= 4 is 5.78 Å². The van der Waals surface area contributed by atoms with E-state index in [2.05, 4.69) is 0 Å². The molecule has 0 spiro atoms. The van der Waals surface area contributed by atoms with Gasteiger partial charge in [0.2, 0.25) is 0 Å². The number of ketones is 1. The average molecular weight is 222 g/mol. The van der Waals surface area contributed by atoms with Crippen LogP contribution in [0.2, 0.25) is 0 Å². The van der Waals surface area contributed by atoms with E-state index < -0.39 is 11.2 Å². The van der Waals surface area contributed by atoms with Crippen molar-refractivity contribution in [1.29, 1.82) is 0 Å². The second-order valence-electron chi connectivity index (χ2n) is 4.48. The molecule has 1 aromatic rings. The Morgan fingerprint density at radius 1 is 1.19 bits per heavy atom. The van der Waals surface area contributed by atoms with E-state index in [1.807, 2.05) is 6.07 Å². The SMILES string of the molecule is COC(C)(C)C(C)(O)C(=O)c1ccccc1. The fraction of sp³-hybridized carbons (Fsp3) is 0.462. The second-order valence-corrected chi connectivity index (χ2v) is 4.48. The van der Waals surface area contributed by atoms with E-state index in [0.717, 1.165) is 0 Å². The molecule has 0 bridgehead atoms. The van der Waals surface area contributed by atoms with Crippen LogP contribution in [-0.2, 0) is 4.74 Å². The first kappa shape index (κ1) is 12.9. The van der Waals surface area contributed by atoms with E-state index in [0.29, 0.717) is 5.56 Å². The van der Waals surface area contributed by atoms with Gasteiger partial charge in [-0.2, -0.15) is 0 Å². The van der Waals surface area contributed by atoms with Crippen LogP contribution in [0.4, 0.5) is 0 Å². The number of benzene rings is 1. The second kappa shape index (κ2) is 4.36. The minimum Gasteiger partial charge on any atom is -0.379 e. The maximum atomic E-state index is 12.1. The molecule has 0 amide bonds. The average Bonchev–Trinajstić information content (AvgIpc) is 2.29. The van der Waals surface area contributed by atoms with Crippen LogP contribution in [0.15, 0.2) is 30.3 Å². The molecule has 0 radical (unpaired) electrons. The molecular weight excluding hydrogens is 204 g/mol. The lowest BCUT2D eigenvalue weighted by molar-refractivity contribution is -0.115. The number of aliphatic hydroxyl groups is 1. The van der Waals surface area contributed by atoms with Crippen LogP contribution in [0.25, 0.3) is 0 Å². The van der Waals surface area contributed by atoms with Crippen LogP contribution in [0.1, 0.15) is 31.1 Å². The predicted octanol–water partition coefficient (Wildman–Crippen LogP) is 2.05. The maximum absolute atomic E-state index is 12.1. The summed E-state index contributed by atoms with van der Waals surface area (Å²) in [5.41, 5.74) is -2.00. The molecule has 0 aromatic heterocycles. The molecule has 16 heavy (non-hydrogen) atoms. The Balaban J connectivity index is 3.07. The quantitative estimate of drug-likeness (QED) is 0.793. The van der Waals surface area contributed by atoms with Crippen LogP contribution in [0, 0.1) is 0 Å². The molecule has 0 saturated carbocycles. The Kier molecular flexibility index (Phi) is 3.51. The summed E-state index contributed by atoms with van der Waals surface area (Å²) in [5.74, 6) is -0.333. The normalized spacial score (nSPS) is 15.6. The first-order chi connectivity index (χ1) is 7.33. The molecule has 0 aliphatic carbocycles. The molecule has 0 aliphatic heterocycles. The van der Waals surface area contributed by atoms with E-state index in [1.54, 1.807) is 38.1 Å². The van der Waals surface area contributed by atoms with E-state index in [9.17, 15) is 9.90 Å². The predicted molar refractivity (Wildman–Crippen MR) is 62.5 cm³/mol. The first-order valence-corrected chi connectivity index (χ1v) is 5.20. The van der Waals surface area contributed by atoms with Gasteiger partial charge in [0.25, 0.3) is 0 Å². The van der Waals surface area contributed by atoms with Crippen molar-refractivity contribution in [3.8, 4) is 0 Å². The third kappa shape index (κ3) is 2.15. The van der Waals surface area contributed by atoms with Crippen LogP contribution in [-0.4, -0.2) is 29.2 Å². The van der Waals surface area contributed by atoms with Crippen molar-refractivity contribution in [2.75, 3.05) is 7.11 Å². The molecule has 1 atom stereocenters. The summed E-state index contributed by atoms with van der Waals surface area (Å²) in [5, 5.41) is 10.3. The number of hydrogen-bond donors (Lipinski definition) is 1. The van der Waals surface area contributed by atoms with Crippen molar-refractivity contribution in [2.45, 2.75) is 32.0 Å². The lowest BCUT2D eigenvalue weighted by Crippen LogP contribution is -2.54. The fourth-order valence-electron chi connectivity index (χ4n) is 1.34. The van der Waals surface area contributed by atoms with Crippen molar-refractivity contribution < 1.29 is 14.6 Å². The molecule has 1 N–H and O–H groups in total. The maximum Gasteiger partial charge on any atom is 0.197 e. The Morgan fingerprint density at radius 2 is 1.69 bits per heavy atom. The van der Waals surface area contributed by atoms with Gasteiger partial charge in [0.05, 0.1) is 5.60 Å². The zero-order chi connectivity index (χ0) is 12.4. The van der Waals surface area contributed by atoms with Crippen molar-refractivity contribution in [1.82, 2.24) is 0 Å². The molecule has 1 unspecified atom stereocenters. The molecule has 88 valence electrons. The molecule has 1 aromatic carbocycles. The van der Waals surface area contributed by atoms with Gasteiger partial charge in [-0.25, -0.2) is 0 Å². The summed E-state index contributed by atoms with van der Waals surface area (Å²) in [7, 11) is 1.48. The van der Waals surface area contributed by atoms with Crippen LogP contribution >= 0.6 is 0 Å². The number of carbonyl (C=O) groups excluding carboxylic acids is 1. The largest absolute Gasteiger partial charge is 0.379 e. The molecular formula is C13H18O3. The molecule has 0 heterocycles. The summed E-state index contributed by atoms with van der Waals surface area (Å²) in [6.45, 7) is 4.85. The standard InChI is InChI=1S/C13H18O3/c1-12(2,16-4)13(3,15)11(14)10-8-6-5-7-9-10/h5-9,15H,1-4H3. The molecule has 1 rings (SSSR count). The van der Waals surface area contributed by atoms with Gasteiger partial charge >= 0.3 is 0 Å². The van der Waals surface area contributed by atoms with Gasteiger partial charge in [-0.15, -0.1) is 0 Å². The minimum atomic E-state index is -1.55. The summed E-state index contributed by atoms with van der Waals surface area (Å²) in [4.78, 5) is 12.1.